The van der Waals surface area contributed by atoms with Crippen LogP contribution in [0.15, 0.2) is 24.3 Å². The Labute approximate surface area is 143 Å². The van der Waals surface area contributed by atoms with E-state index in [9.17, 15) is 9.59 Å². The van der Waals surface area contributed by atoms with Gasteiger partial charge in [0.25, 0.3) is 5.91 Å². The third-order valence-electron chi connectivity index (χ3n) is 4.78. The lowest BCUT2D eigenvalue weighted by Gasteiger charge is -2.34. The second kappa shape index (κ2) is 7.66. The van der Waals surface area contributed by atoms with Crippen molar-refractivity contribution in [2.24, 2.45) is 5.73 Å². The average molecular weight is 333 g/mol. The van der Waals surface area contributed by atoms with E-state index in [1.807, 2.05) is 38.1 Å². The zero-order chi connectivity index (χ0) is 17.7. The van der Waals surface area contributed by atoms with Crippen LogP contribution in [0, 0.1) is 0 Å². The molecule has 24 heavy (non-hydrogen) atoms. The number of fused-ring (bicyclic) bond motifs is 1. The van der Waals surface area contributed by atoms with Gasteiger partial charge in [0.1, 0.15) is 5.75 Å². The molecule has 0 saturated carbocycles. The first-order valence-electron chi connectivity index (χ1n) is 8.54. The summed E-state index contributed by atoms with van der Waals surface area (Å²) in [4.78, 5) is 26.4. The summed E-state index contributed by atoms with van der Waals surface area (Å²) in [6.45, 7) is 6.48. The van der Waals surface area contributed by atoms with Gasteiger partial charge in [0.05, 0.1) is 11.2 Å². The zero-order valence-corrected chi connectivity index (χ0v) is 14.7. The van der Waals surface area contributed by atoms with Crippen LogP contribution in [-0.4, -0.2) is 36.5 Å². The van der Waals surface area contributed by atoms with Crippen LogP contribution in [0.4, 0.5) is 5.69 Å². The van der Waals surface area contributed by atoms with Crippen LogP contribution in [0.1, 0.15) is 40.0 Å². The monoisotopic (exact) mass is 333 g/mol. The molecule has 1 aromatic carbocycles. The lowest BCUT2D eigenvalue weighted by molar-refractivity contribution is -0.126. The van der Waals surface area contributed by atoms with E-state index in [4.69, 9.17) is 10.5 Å². The molecule has 0 spiro atoms. The number of carbonyl (C=O) groups is 2. The smallest absolute Gasteiger partial charge is 0.267 e. The predicted octanol–water partition coefficient (Wildman–Crippen LogP) is 1.82. The summed E-state index contributed by atoms with van der Waals surface area (Å²) in [5, 5.41) is 3.04. The maximum atomic E-state index is 12.4. The predicted molar refractivity (Wildman–Crippen MR) is 94.0 cm³/mol. The van der Waals surface area contributed by atoms with Gasteiger partial charge in [-0.15, -0.1) is 0 Å². The second-order valence-corrected chi connectivity index (χ2v) is 6.21. The molecule has 1 aromatic rings. The van der Waals surface area contributed by atoms with Crippen LogP contribution in [0.2, 0.25) is 0 Å². The standard InChI is InChI=1S/C18H27N3O3/c1-4-18(5-2,12-19)20-16(22)10-11-21-14-8-6-7-9-15(14)24-13(3)17(21)23/h6-9,13H,4-5,10-12,19H2,1-3H3,(H,20,22). The molecule has 6 nitrogen and oxygen atoms in total. The first-order chi connectivity index (χ1) is 11.5. The van der Waals surface area contributed by atoms with Crippen LogP contribution in [0.25, 0.3) is 0 Å². The number of benzene rings is 1. The number of nitrogens with zero attached hydrogens (tertiary/aromatic N) is 1. The highest BCUT2D eigenvalue weighted by molar-refractivity contribution is 6.00. The molecule has 0 aromatic heterocycles. The molecule has 3 N–H and O–H groups in total. The molecule has 0 bridgehead atoms. The number of rotatable bonds is 7. The molecule has 6 heteroatoms. The molecule has 1 heterocycles. The van der Waals surface area contributed by atoms with E-state index in [0.29, 0.717) is 24.5 Å². The number of hydrogen-bond acceptors (Lipinski definition) is 4. The number of para-hydroxylation sites is 2. The first-order valence-corrected chi connectivity index (χ1v) is 8.54. The molecule has 0 saturated heterocycles. The first kappa shape index (κ1) is 18.3. The number of carbonyl (C=O) groups excluding carboxylic acids is 2. The van der Waals surface area contributed by atoms with Crippen molar-refractivity contribution in [3.8, 4) is 5.75 Å². The molecule has 1 unspecified atom stereocenters. The lowest BCUT2D eigenvalue weighted by Crippen LogP contribution is -2.53. The summed E-state index contributed by atoms with van der Waals surface area (Å²) >= 11 is 0. The van der Waals surface area contributed by atoms with Gasteiger partial charge in [0.15, 0.2) is 6.10 Å². The van der Waals surface area contributed by atoms with Gasteiger partial charge in [-0.05, 0) is 31.9 Å². The molecular formula is C18H27N3O3. The van der Waals surface area contributed by atoms with Crippen LogP contribution in [0.3, 0.4) is 0 Å². The van der Waals surface area contributed by atoms with Gasteiger partial charge < -0.3 is 20.7 Å². The van der Waals surface area contributed by atoms with Crippen LogP contribution in [0.5, 0.6) is 5.75 Å². The summed E-state index contributed by atoms with van der Waals surface area (Å²) in [7, 11) is 0. The highest BCUT2D eigenvalue weighted by atomic mass is 16.5. The minimum absolute atomic E-state index is 0.0893. The van der Waals surface area contributed by atoms with Crippen LogP contribution < -0.4 is 20.7 Å². The van der Waals surface area contributed by atoms with Crippen molar-refractivity contribution < 1.29 is 14.3 Å². The van der Waals surface area contributed by atoms with Crippen molar-refractivity contribution in [2.75, 3.05) is 18.0 Å². The van der Waals surface area contributed by atoms with E-state index in [1.165, 1.54) is 0 Å². The van der Waals surface area contributed by atoms with Crippen molar-refractivity contribution >= 4 is 17.5 Å². The summed E-state index contributed by atoms with van der Waals surface area (Å²) in [5.74, 6) is 0.453. The number of hydrogen-bond donors (Lipinski definition) is 2. The maximum Gasteiger partial charge on any atom is 0.267 e. The quantitative estimate of drug-likeness (QED) is 0.797. The van der Waals surface area contributed by atoms with Crippen molar-refractivity contribution in [3.05, 3.63) is 24.3 Å². The fourth-order valence-electron chi connectivity index (χ4n) is 2.93. The molecule has 0 aliphatic carbocycles. The minimum Gasteiger partial charge on any atom is -0.479 e. The zero-order valence-electron chi connectivity index (χ0n) is 14.7. The molecule has 132 valence electrons. The molecular weight excluding hydrogens is 306 g/mol. The largest absolute Gasteiger partial charge is 0.479 e. The Morgan fingerprint density at radius 3 is 2.62 bits per heavy atom. The van der Waals surface area contributed by atoms with Gasteiger partial charge in [0.2, 0.25) is 5.91 Å². The van der Waals surface area contributed by atoms with Crippen molar-refractivity contribution in [2.45, 2.75) is 51.7 Å². The van der Waals surface area contributed by atoms with Gasteiger partial charge in [-0.3, -0.25) is 9.59 Å². The molecule has 0 radical (unpaired) electrons. The van der Waals surface area contributed by atoms with E-state index in [-0.39, 0.29) is 23.8 Å². The van der Waals surface area contributed by atoms with Crippen molar-refractivity contribution in [1.82, 2.24) is 5.32 Å². The number of ether oxygens (including phenoxy) is 1. The third-order valence-corrected chi connectivity index (χ3v) is 4.78. The Balaban J connectivity index is 2.06. The Morgan fingerprint density at radius 2 is 2.00 bits per heavy atom. The normalized spacial score (nSPS) is 17.2. The number of anilines is 1. The highest BCUT2D eigenvalue weighted by Gasteiger charge is 2.32. The molecule has 2 amide bonds. The Bertz CT molecular complexity index is 591. The topological polar surface area (TPSA) is 84.7 Å². The van der Waals surface area contributed by atoms with Crippen LogP contribution in [-0.2, 0) is 9.59 Å². The fourth-order valence-corrected chi connectivity index (χ4v) is 2.93. The number of amides is 2. The van der Waals surface area contributed by atoms with E-state index >= 15 is 0 Å². The highest BCUT2D eigenvalue weighted by Crippen LogP contribution is 2.33. The summed E-state index contributed by atoms with van der Waals surface area (Å²) < 4.78 is 5.61. The Hall–Kier alpha value is -2.08. The van der Waals surface area contributed by atoms with E-state index < -0.39 is 6.10 Å². The second-order valence-electron chi connectivity index (χ2n) is 6.21. The lowest BCUT2D eigenvalue weighted by atomic mass is 9.93. The Morgan fingerprint density at radius 1 is 1.33 bits per heavy atom. The average Bonchev–Trinajstić information content (AvgIpc) is 2.60. The Kier molecular flexibility index (Phi) is 5.83. The van der Waals surface area contributed by atoms with Crippen molar-refractivity contribution in [1.29, 1.82) is 0 Å². The number of nitrogens with two attached hydrogens (primary N) is 1. The summed E-state index contributed by atoms with van der Waals surface area (Å²) in [6.07, 6.45) is 1.25. The molecule has 1 atom stereocenters. The van der Waals surface area contributed by atoms with Gasteiger partial charge in [-0.1, -0.05) is 26.0 Å². The summed E-state index contributed by atoms with van der Waals surface area (Å²) in [5.41, 5.74) is 6.17. The molecule has 0 fully saturated rings. The third kappa shape index (κ3) is 3.70. The van der Waals surface area contributed by atoms with E-state index in [0.717, 1.165) is 12.8 Å². The van der Waals surface area contributed by atoms with Gasteiger partial charge in [0, 0.05) is 19.5 Å². The maximum absolute atomic E-state index is 12.4. The van der Waals surface area contributed by atoms with Crippen LogP contribution >= 0.6 is 0 Å². The van der Waals surface area contributed by atoms with Crippen molar-refractivity contribution in [3.63, 3.8) is 0 Å². The van der Waals surface area contributed by atoms with E-state index in [2.05, 4.69) is 5.32 Å². The molecule has 1 aliphatic rings. The van der Waals surface area contributed by atoms with Gasteiger partial charge in [-0.25, -0.2) is 0 Å². The molecule has 1 aliphatic heterocycles. The number of nitrogens with one attached hydrogen (secondary N) is 1. The SMILES string of the molecule is CCC(CC)(CN)NC(=O)CCN1C(=O)C(C)Oc2ccccc21. The summed E-state index contributed by atoms with van der Waals surface area (Å²) in [6, 6.07) is 7.38. The van der Waals surface area contributed by atoms with E-state index in [1.54, 1.807) is 11.8 Å². The minimum atomic E-state index is -0.544. The van der Waals surface area contributed by atoms with Gasteiger partial charge in [-0.2, -0.15) is 0 Å². The fraction of sp³-hybridized carbons (Fsp3) is 0.556. The van der Waals surface area contributed by atoms with Gasteiger partial charge >= 0.3 is 0 Å². The molecule has 2 rings (SSSR count).